The number of aryl methyl sites for hydroxylation is 1. The molecule has 15 heteroatoms. The number of ether oxygens (including phenoxy) is 1. The van der Waals surface area contributed by atoms with Crippen LogP contribution < -0.4 is 15.0 Å². The van der Waals surface area contributed by atoms with Crippen molar-refractivity contribution < 1.29 is 28.2 Å². The van der Waals surface area contributed by atoms with E-state index < -0.39 is 11.6 Å². The monoisotopic (exact) mass is 975 g/mol. The molecule has 4 saturated heterocycles. The number of phenolic OH excluding ortho intramolecular Hbond substituents is 1. The highest BCUT2D eigenvalue weighted by Crippen LogP contribution is 2.54. The second-order valence-electron chi connectivity index (χ2n) is 22.4. The molecule has 0 amide bonds. The summed E-state index contributed by atoms with van der Waals surface area (Å²) in [5, 5.41) is 21.3. The lowest BCUT2D eigenvalue weighted by Crippen LogP contribution is -2.51. The molecule has 1 spiro atoms. The van der Waals surface area contributed by atoms with Gasteiger partial charge in [0.05, 0.1) is 34.7 Å². The molecule has 7 heterocycles. The fraction of sp³-hybridized carbons (Fsp3) is 0.509. The smallest absolute Gasteiger partial charge is 0.319 e. The van der Waals surface area contributed by atoms with Gasteiger partial charge in [-0.15, -0.1) is 6.42 Å². The van der Waals surface area contributed by atoms with E-state index in [0.29, 0.717) is 64.8 Å². The van der Waals surface area contributed by atoms with Crippen molar-refractivity contribution in [3.8, 4) is 35.4 Å². The first kappa shape index (κ1) is 47.0. The SMILES string of the molecule is C#Cc1c(F)ccc2cc(O)cc(-c3ncc4c(N5CC6CCC(C5)N6)nc(OCC5(CN6CCC7(CC6)CC(CN6CCC(c8ccc9c(C(C=O)CCC=O)nn(C)c9c8)CC6)C7)CC5)nc4c3F)c12. The summed E-state index contributed by atoms with van der Waals surface area (Å²) < 4.78 is 40.6. The molecule has 2 aliphatic carbocycles. The lowest BCUT2D eigenvalue weighted by atomic mass is 9.57. The molecule has 3 aromatic carbocycles. The molecule has 3 unspecified atom stereocenters. The predicted octanol–water partition coefficient (Wildman–Crippen LogP) is 8.43. The van der Waals surface area contributed by atoms with Gasteiger partial charge in [-0.25, -0.2) is 8.78 Å². The molecule has 3 atom stereocenters. The Kier molecular flexibility index (Phi) is 12.2. The molecule has 6 aromatic rings. The second-order valence-corrected chi connectivity index (χ2v) is 22.4. The first-order valence-corrected chi connectivity index (χ1v) is 26.2. The van der Waals surface area contributed by atoms with E-state index in [9.17, 15) is 14.7 Å². The van der Waals surface area contributed by atoms with E-state index in [-0.39, 0.29) is 45.4 Å². The number of pyridine rings is 1. The van der Waals surface area contributed by atoms with Gasteiger partial charge in [0.25, 0.3) is 0 Å². The van der Waals surface area contributed by atoms with Crippen LogP contribution in [-0.4, -0.2) is 123 Å². The molecular weight excluding hydrogens is 913 g/mol. The number of terminal acetylenes is 1. The van der Waals surface area contributed by atoms with Crippen molar-refractivity contribution in [3.05, 3.63) is 77.1 Å². The fourth-order valence-corrected chi connectivity index (χ4v) is 13.5. The number of hydrogen-bond donors (Lipinski definition) is 2. The number of carbonyl (C=O) groups excluding carboxylic acids is 2. The maximum atomic E-state index is 17.2. The van der Waals surface area contributed by atoms with Gasteiger partial charge in [-0.2, -0.15) is 15.1 Å². The number of fused-ring (bicyclic) bond motifs is 5. The zero-order valence-electron chi connectivity index (χ0n) is 41.1. The van der Waals surface area contributed by atoms with E-state index >= 15 is 8.78 Å². The van der Waals surface area contributed by atoms with Crippen molar-refractivity contribution in [2.75, 3.05) is 63.9 Å². The van der Waals surface area contributed by atoms with E-state index in [1.807, 2.05) is 11.7 Å². The van der Waals surface area contributed by atoms with Crippen molar-refractivity contribution in [1.82, 2.24) is 39.8 Å². The first-order valence-electron chi connectivity index (χ1n) is 26.2. The number of aromatic nitrogens is 5. The lowest BCUT2D eigenvalue weighted by molar-refractivity contribution is -0.110. The number of likely N-dealkylation sites (tertiary alicyclic amines) is 2. The quantitative estimate of drug-likeness (QED) is 0.0754. The van der Waals surface area contributed by atoms with Gasteiger partial charge in [0, 0.05) is 79.7 Å². The maximum absolute atomic E-state index is 17.2. The minimum Gasteiger partial charge on any atom is -0.508 e. The molecule has 13 nitrogen and oxygen atoms in total. The van der Waals surface area contributed by atoms with Gasteiger partial charge < -0.3 is 39.4 Å². The zero-order valence-corrected chi connectivity index (χ0v) is 41.1. The summed E-state index contributed by atoms with van der Waals surface area (Å²) in [4.78, 5) is 44.7. The molecule has 12 rings (SSSR count). The van der Waals surface area contributed by atoms with Gasteiger partial charge in [0.1, 0.15) is 41.2 Å². The molecule has 2 bridgehead atoms. The highest BCUT2D eigenvalue weighted by Gasteiger charge is 2.49. The number of piperazine rings is 1. The molecule has 2 N–H and O–H groups in total. The third-order valence-corrected chi connectivity index (χ3v) is 17.6. The Morgan fingerprint density at radius 1 is 0.944 bits per heavy atom. The topological polar surface area (TPSA) is 142 Å². The van der Waals surface area contributed by atoms with Crippen LogP contribution in [0.3, 0.4) is 0 Å². The normalized spacial score (nSPS) is 22.6. The summed E-state index contributed by atoms with van der Waals surface area (Å²) in [7, 11) is 1.94. The Morgan fingerprint density at radius 2 is 1.72 bits per heavy atom. The number of carbonyl (C=O) groups is 2. The lowest BCUT2D eigenvalue weighted by Gasteiger charge is -2.54. The molecule has 4 aliphatic heterocycles. The molecule has 3 aromatic heterocycles. The third kappa shape index (κ3) is 8.76. The van der Waals surface area contributed by atoms with Crippen LogP contribution in [0.5, 0.6) is 11.8 Å². The van der Waals surface area contributed by atoms with Gasteiger partial charge >= 0.3 is 6.01 Å². The van der Waals surface area contributed by atoms with Crippen LogP contribution in [-0.2, 0) is 16.6 Å². The van der Waals surface area contributed by atoms with Crippen LogP contribution in [0.4, 0.5) is 14.6 Å². The molecule has 0 radical (unpaired) electrons. The number of anilines is 1. The van der Waals surface area contributed by atoms with Crippen molar-refractivity contribution in [2.24, 2.45) is 23.8 Å². The number of phenols is 1. The van der Waals surface area contributed by atoms with Gasteiger partial charge in [0.2, 0.25) is 0 Å². The Bertz CT molecular complexity index is 3110. The van der Waals surface area contributed by atoms with E-state index in [1.165, 1.54) is 62.1 Å². The number of aromatic hydroxyl groups is 1. The van der Waals surface area contributed by atoms with Crippen LogP contribution >= 0.6 is 0 Å². The molecule has 72 heavy (non-hydrogen) atoms. The van der Waals surface area contributed by atoms with Gasteiger partial charge in [-0.05, 0) is 149 Å². The summed E-state index contributed by atoms with van der Waals surface area (Å²) in [5.74, 6) is 2.46. The minimum atomic E-state index is -0.713. The zero-order chi connectivity index (χ0) is 49.3. The average Bonchev–Trinajstić information content (AvgIpc) is 3.96. The number of piperidine rings is 2. The molecule has 6 fully saturated rings. The third-order valence-electron chi connectivity index (χ3n) is 17.6. The number of benzene rings is 3. The van der Waals surface area contributed by atoms with Gasteiger partial charge in [0.15, 0.2) is 5.82 Å². The van der Waals surface area contributed by atoms with E-state index in [4.69, 9.17) is 26.2 Å². The summed E-state index contributed by atoms with van der Waals surface area (Å²) >= 11 is 0. The Morgan fingerprint density at radius 3 is 2.44 bits per heavy atom. The summed E-state index contributed by atoms with van der Waals surface area (Å²) in [5.41, 5.74) is 3.74. The van der Waals surface area contributed by atoms with E-state index in [0.717, 1.165) is 119 Å². The number of aldehydes is 2. The molecule has 6 aliphatic rings. The van der Waals surface area contributed by atoms with Gasteiger partial charge in [-0.1, -0.05) is 24.1 Å². The summed E-state index contributed by atoms with van der Waals surface area (Å²) in [6.07, 6.45) is 21.6. The summed E-state index contributed by atoms with van der Waals surface area (Å²) in [6, 6.07) is 13.0. The minimum absolute atomic E-state index is 0.00686. The van der Waals surface area contributed by atoms with Crippen LogP contribution in [0.15, 0.2) is 48.7 Å². The summed E-state index contributed by atoms with van der Waals surface area (Å²) in [6.45, 7) is 8.44. The highest BCUT2D eigenvalue weighted by molar-refractivity contribution is 6.03. The van der Waals surface area contributed by atoms with Crippen molar-refractivity contribution in [3.63, 3.8) is 0 Å². The van der Waals surface area contributed by atoms with Crippen LogP contribution in [0.2, 0.25) is 0 Å². The largest absolute Gasteiger partial charge is 0.508 e. The van der Waals surface area contributed by atoms with Crippen LogP contribution in [0.1, 0.15) is 106 Å². The Hall–Kier alpha value is -6.08. The number of hydrogen-bond acceptors (Lipinski definition) is 12. The standard InChI is InChI=1S/C57H63F2N9O4/c1-3-43-47(58)11-7-38-23-42(71)25-45(49(38)43)52-50(59)53-46(28-60-52)54(68-30-40-8-9-41(31-68)61-40)63-55(62-53)72-34-57(14-15-57)33-67-20-16-56(17-21-67)26-35(27-56)29-66-18-12-36(13-19-66)37-6-10-44-48(24-37)65(2)64-51(44)39(32-70)5-4-22-69/h1,6-7,10-11,22-25,28,32,35-36,39-41,61,71H,4-5,8-9,12-21,26-27,29-31,33-34H2,2H3. The molecular formula is C57H63F2N9O4. The Balaban J connectivity index is 0.672. The fourth-order valence-electron chi connectivity index (χ4n) is 13.5. The van der Waals surface area contributed by atoms with E-state index in [1.54, 1.807) is 6.20 Å². The van der Waals surface area contributed by atoms with Crippen LogP contribution in [0.25, 0.3) is 43.8 Å². The predicted molar refractivity (Wildman–Crippen MR) is 273 cm³/mol. The van der Waals surface area contributed by atoms with E-state index in [2.05, 4.69) is 49.1 Å². The molecule has 374 valence electrons. The Labute approximate surface area is 418 Å². The number of halogens is 2. The highest BCUT2D eigenvalue weighted by atomic mass is 19.1. The van der Waals surface area contributed by atoms with Crippen molar-refractivity contribution >= 4 is 51.0 Å². The molecule has 2 saturated carbocycles. The van der Waals surface area contributed by atoms with Crippen molar-refractivity contribution in [1.29, 1.82) is 0 Å². The number of rotatable bonds is 15. The van der Waals surface area contributed by atoms with Gasteiger partial charge in [-0.3, -0.25) is 9.67 Å². The van der Waals surface area contributed by atoms with Crippen molar-refractivity contribution in [2.45, 2.75) is 101 Å². The maximum Gasteiger partial charge on any atom is 0.319 e. The number of nitrogens with one attached hydrogen (secondary N) is 1. The number of nitrogens with zero attached hydrogens (tertiary/aromatic N) is 8. The second kappa shape index (κ2) is 18.8. The first-order chi connectivity index (χ1) is 35.0. The average molecular weight is 976 g/mol. The van der Waals surface area contributed by atoms with Crippen LogP contribution in [0, 0.1) is 40.7 Å².